The zero-order valence-electron chi connectivity index (χ0n) is 12.5. The molecule has 0 amide bonds. The fourth-order valence-corrected chi connectivity index (χ4v) is 2.38. The van der Waals surface area contributed by atoms with Gasteiger partial charge in [-0.3, -0.25) is 4.90 Å². The lowest BCUT2D eigenvalue weighted by molar-refractivity contribution is 0.308. The highest BCUT2D eigenvalue weighted by molar-refractivity contribution is 5.31. The predicted molar refractivity (Wildman–Crippen MR) is 82.5 cm³/mol. The zero-order valence-corrected chi connectivity index (χ0v) is 12.5. The van der Waals surface area contributed by atoms with Gasteiger partial charge in [-0.25, -0.2) is 4.39 Å². The van der Waals surface area contributed by atoms with Crippen molar-refractivity contribution in [3.8, 4) is 5.75 Å². The highest BCUT2D eigenvalue weighted by Crippen LogP contribution is 2.21. The van der Waals surface area contributed by atoms with Gasteiger partial charge in [0.15, 0.2) is 11.6 Å². The summed E-state index contributed by atoms with van der Waals surface area (Å²) in [6.45, 7) is 1.75. The Kier molecular flexibility index (Phi) is 5.31. The van der Waals surface area contributed by atoms with Crippen molar-refractivity contribution >= 4 is 0 Å². The molecular formula is C17H21FN2O. The van der Waals surface area contributed by atoms with Crippen LogP contribution in [0.4, 0.5) is 4.39 Å². The highest BCUT2D eigenvalue weighted by atomic mass is 19.1. The van der Waals surface area contributed by atoms with Crippen molar-refractivity contribution in [1.82, 2.24) is 4.90 Å². The SMILES string of the molecule is COc1cccc(CN(C)Cc2ccccc2CN)c1F. The third-order valence-electron chi connectivity index (χ3n) is 3.48. The van der Waals surface area contributed by atoms with Gasteiger partial charge in [-0.15, -0.1) is 0 Å². The fraction of sp³-hybridized carbons (Fsp3) is 0.294. The number of benzene rings is 2. The molecule has 2 aromatic carbocycles. The normalized spacial score (nSPS) is 10.9. The van der Waals surface area contributed by atoms with E-state index in [1.165, 1.54) is 12.7 Å². The summed E-state index contributed by atoms with van der Waals surface area (Å²) in [5.41, 5.74) is 8.67. The van der Waals surface area contributed by atoms with Gasteiger partial charge in [-0.05, 0) is 24.2 Å². The van der Waals surface area contributed by atoms with Crippen LogP contribution >= 0.6 is 0 Å². The molecule has 0 unspecified atom stereocenters. The summed E-state index contributed by atoms with van der Waals surface area (Å²) in [4.78, 5) is 2.06. The largest absolute Gasteiger partial charge is 0.494 e. The Morgan fingerprint density at radius 3 is 2.29 bits per heavy atom. The molecule has 0 atom stereocenters. The summed E-state index contributed by atoms with van der Waals surface area (Å²) in [5, 5.41) is 0. The lowest BCUT2D eigenvalue weighted by atomic mass is 10.1. The van der Waals surface area contributed by atoms with Gasteiger partial charge in [0, 0.05) is 25.2 Å². The fourth-order valence-electron chi connectivity index (χ4n) is 2.38. The maximum atomic E-state index is 14.1. The molecule has 3 nitrogen and oxygen atoms in total. The Morgan fingerprint density at radius 2 is 1.62 bits per heavy atom. The summed E-state index contributed by atoms with van der Waals surface area (Å²) in [5.74, 6) is -0.0118. The standard InChI is InChI=1S/C17H21FN2O/c1-20(11-14-7-4-3-6-13(14)10-19)12-15-8-5-9-16(21-2)17(15)18/h3-9H,10-12,19H2,1-2H3. The van der Waals surface area contributed by atoms with Crippen molar-refractivity contribution < 1.29 is 9.13 Å². The molecule has 0 aromatic heterocycles. The van der Waals surface area contributed by atoms with Crippen LogP contribution in [0.2, 0.25) is 0 Å². The molecule has 0 heterocycles. The van der Waals surface area contributed by atoms with E-state index in [-0.39, 0.29) is 11.6 Å². The molecule has 0 spiro atoms. The lowest BCUT2D eigenvalue weighted by Crippen LogP contribution is -2.19. The van der Waals surface area contributed by atoms with Crippen LogP contribution in [0.3, 0.4) is 0 Å². The third-order valence-corrected chi connectivity index (χ3v) is 3.48. The van der Waals surface area contributed by atoms with Crippen LogP contribution in [0.1, 0.15) is 16.7 Å². The first-order chi connectivity index (χ1) is 10.2. The minimum Gasteiger partial charge on any atom is -0.494 e. The van der Waals surface area contributed by atoms with E-state index in [4.69, 9.17) is 10.5 Å². The molecule has 0 saturated carbocycles. The number of nitrogens with two attached hydrogens (primary N) is 1. The number of ether oxygens (including phenoxy) is 1. The first kappa shape index (κ1) is 15.5. The minimum absolute atomic E-state index is 0.281. The molecule has 112 valence electrons. The van der Waals surface area contributed by atoms with E-state index in [2.05, 4.69) is 11.0 Å². The molecule has 0 aliphatic rings. The van der Waals surface area contributed by atoms with E-state index in [0.717, 1.165) is 12.1 Å². The van der Waals surface area contributed by atoms with Crippen molar-refractivity contribution in [2.45, 2.75) is 19.6 Å². The smallest absolute Gasteiger partial charge is 0.169 e. The predicted octanol–water partition coefficient (Wildman–Crippen LogP) is 2.93. The van der Waals surface area contributed by atoms with E-state index in [1.54, 1.807) is 18.2 Å². The van der Waals surface area contributed by atoms with Crippen LogP contribution in [0.15, 0.2) is 42.5 Å². The molecule has 0 fully saturated rings. The number of methoxy groups -OCH3 is 1. The Labute approximate surface area is 125 Å². The molecule has 4 heteroatoms. The Hall–Kier alpha value is -1.91. The van der Waals surface area contributed by atoms with Gasteiger partial charge in [0.25, 0.3) is 0 Å². The lowest BCUT2D eigenvalue weighted by Gasteiger charge is -2.19. The second-order valence-electron chi connectivity index (χ2n) is 5.08. The molecule has 0 aliphatic carbocycles. The molecule has 0 radical (unpaired) electrons. The second-order valence-corrected chi connectivity index (χ2v) is 5.08. The molecular weight excluding hydrogens is 267 g/mol. The topological polar surface area (TPSA) is 38.5 Å². The van der Waals surface area contributed by atoms with Crippen molar-refractivity contribution in [2.24, 2.45) is 5.73 Å². The molecule has 2 rings (SSSR count). The molecule has 0 aliphatic heterocycles. The van der Waals surface area contributed by atoms with E-state index < -0.39 is 0 Å². The van der Waals surface area contributed by atoms with Crippen molar-refractivity contribution in [1.29, 1.82) is 0 Å². The number of halogens is 1. The van der Waals surface area contributed by atoms with Gasteiger partial charge in [0.05, 0.1) is 7.11 Å². The van der Waals surface area contributed by atoms with Gasteiger partial charge < -0.3 is 10.5 Å². The zero-order chi connectivity index (χ0) is 15.2. The van der Waals surface area contributed by atoms with Gasteiger partial charge in [-0.2, -0.15) is 0 Å². The molecule has 0 bridgehead atoms. The monoisotopic (exact) mass is 288 g/mol. The minimum atomic E-state index is -0.293. The van der Waals surface area contributed by atoms with E-state index in [1.807, 2.05) is 25.2 Å². The second kappa shape index (κ2) is 7.20. The Bertz CT molecular complexity index is 601. The Balaban J connectivity index is 2.10. The summed E-state index contributed by atoms with van der Waals surface area (Å²) in [6.07, 6.45) is 0. The van der Waals surface area contributed by atoms with Crippen molar-refractivity contribution in [3.63, 3.8) is 0 Å². The quantitative estimate of drug-likeness (QED) is 0.888. The summed E-state index contributed by atoms with van der Waals surface area (Å²) in [7, 11) is 3.44. The van der Waals surface area contributed by atoms with Gasteiger partial charge >= 0.3 is 0 Å². The summed E-state index contributed by atoms with van der Waals surface area (Å²) in [6, 6.07) is 13.3. The van der Waals surface area contributed by atoms with Gasteiger partial charge in [0.2, 0.25) is 0 Å². The average molecular weight is 288 g/mol. The number of hydrogen-bond acceptors (Lipinski definition) is 3. The van der Waals surface area contributed by atoms with Gasteiger partial charge in [0.1, 0.15) is 0 Å². The average Bonchev–Trinajstić information content (AvgIpc) is 2.50. The summed E-state index contributed by atoms with van der Waals surface area (Å²) >= 11 is 0. The van der Waals surface area contributed by atoms with Gasteiger partial charge in [-0.1, -0.05) is 36.4 Å². The van der Waals surface area contributed by atoms with Crippen LogP contribution in [-0.2, 0) is 19.6 Å². The van der Waals surface area contributed by atoms with Crippen molar-refractivity contribution in [3.05, 3.63) is 65.0 Å². The Morgan fingerprint density at radius 1 is 1.00 bits per heavy atom. The molecule has 2 aromatic rings. The molecule has 2 N–H and O–H groups in total. The van der Waals surface area contributed by atoms with Crippen LogP contribution in [-0.4, -0.2) is 19.1 Å². The number of hydrogen-bond donors (Lipinski definition) is 1. The first-order valence-corrected chi connectivity index (χ1v) is 6.92. The van der Waals surface area contributed by atoms with E-state index >= 15 is 0 Å². The maximum Gasteiger partial charge on any atom is 0.169 e. The molecule has 0 saturated heterocycles. The number of rotatable bonds is 6. The molecule has 21 heavy (non-hydrogen) atoms. The van der Waals surface area contributed by atoms with E-state index in [0.29, 0.717) is 18.7 Å². The first-order valence-electron chi connectivity index (χ1n) is 6.92. The summed E-state index contributed by atoms with van der Waals surface area (Å²) < 4.78 is 19.2. The van der Waals surface area contributed by atoms with Crippen LogP contribution in [0.25, 0.3) is 0 Å². The number of nitrogens with zero attached hydrogens (tertiary/aromatic N) is 1. The van der Waals surface area contributed by atoms with Crippen LogP contribution < -0.4 is 10.5 Å². The van der Waals surface area contributed by atoms with Crippen molar-refractivity contribution in [2.75, 3.05) is 14.2 Å². The maximum absolute atomic E-state index is 14.1. The highest BCUT2D eigenvalue weighted by Gasteiger charge is 2.11. The van der Waals surface area contributed by atoms with Crippen LogP contribution in [0.5, 0.6) is 5.75 Å². The van der Waals surface area contributed by atoms with E-state index in [9.17, 15) is 4.39 Å². The third kappa shape index (κ3) is 3.80. The van der Waals surface area contributed by atoms with Crippen LogP contribution in [0, 0.1) is 5.82 Å².